The van der Waals surface area contributed by atoms with Crippen LogP contribution in [0.5, 0.6) is 0 Å². The highest BCUT2D eigenvalue weighted by molar-refractivity contribution is 5.85. The normalized spacial score (nSPS) is 24.8. The highest BCUT2D eigenvalue weighted by atomic mass is 16.5. The molecule has 1 rings (SSSR count). The van der Waals surface area contributed by atoms with E-state index in [1.165, 1.54) is 0 Å². The predicted octanol–water partition coefficient (Wildman–Crippen LogP) is -1.44. The maximum absolute atomic E-state index is 11.9. The molecule has 0 saturated carbocycles. The second-order valence-electron chi connectivity index (χ2n) is 4.29. The predicted molar refractivity (Wildman–Crippen MR) is 63.0 cm³/mol. The fourth-order valence-corrected chi connectivity index (χ4v) is 1.81. The molecular formula is C11H20N2O5. The molecule has 2 unspecified atom stereocenters. The molecule has 1 amide bonds. The number of hydrogen-bond acceptors (Lipinski definition) is 5. The van der Waals surface area contributed by atoms with Crippen LogP contribution in [-0.4, -0.2) is 60.5 Å². The molecule has 7 heteroatoms. The Labute approximate surface area is 106 Å². The van der Waals surface area contributed by atoms with Gasteiger partial charge in [0.05, 0.1) is 25.7 Å². The molecule has 1 aliphatic heterocycles. The number of ether oxygens (including phenoxy) is 1. The summed E-state index contributed by atoms with van der Waals surface area (Å²) in [5.74, 6) is -2.06. The zero-order valence-electron chi connectivity index (χ0n) is 10.4. The van der Waals surface area contributed by atoms with Crippen LogP contribution in [-0.2, 0) is 14.3 Å². The molecule has 0 aromatic carbocycles. The SMILES string of the molecule is CCCNC1COCC1C(=O)N[C@H](CO)C(=O)O. The average molecular weight is 260 g/mol. The summed E-state index contributed by atoms with van der Waals surface area (Å²) in [6, 6.07) is -1.36. The van der Waals surface area contributed by atoms with Crippen LogP contribution in [0, 0.1) is 5.92 Å². The zero-order chi connectivity index (χ0) is 13.5. The third kappa shape index (κ3) is 3.94. The lowest BCUT2D eigenvalue weighted by atomic mass is 10.0. The fourth-order valence-electron chi connectivity index (χ4n) is 1.81. The monoisotopic (exact) mass is 260 g/mol. The van der Waals surface area contributed by atoms with Gasteiger partial charge in [0.25, 0.3) is 0 Å². The molecule has 0 bridgehead atoms. The molecule has 0 spiro atoms. The van der Waals surface area contributed by atoms with Gasteiger partial charge in [0.2, 0.25) is 5.91 Å². The van der Waals surface area contributed by atoms with E-state index in [2.05, 4.69) is 10.6 Å². The van der Waals surface area contributed by atoms with Crippen molar-refractivity contribution in [1.29, 1.82) is 0 Å². The van der Waals surface area contributed by atoms with Crippen LogP contribution in [0.3, 0.4) is 0 Å². The number of aliphatic hydroxyl groups excluding tert-OH is 1. The maximum Gasteiger partial charge on any atom is 0.328 e. The zero-order valence-corrected chi connectivity index (χ0v) is 10.4. The van der Waals surface area contributed by atoms with Gasteiger partial charge in [-0.1, -0.05) is 6.92 Å². The van der Waals surface area contributed by atoms with E-state index >= 15 is 0 Å². The Morgan fingerprint density at radius 2 is 2.17 bits per heavy atom. The van der Waals surface area contributed by atoms with Crippen molar-refractivity contribution in [2.24, 2.45) is 5.92 Å². The molecule has 0 aromatic rings. The van der Waals surface area contributed by atoms with E-state index in [0.29, 0.717) is 6.61 Å². The van der Waals surface area contributed by atoms with Crippen molar-refractivity contribution in [3.05, 3.63) is 0 Å². The molecule has 1 saturated heterocycles. The summed E-state index contributed by atoms with van der Waals surface area (Å²) in [4.78, 5) is 22.6. The van der Waals surface area contributed by atoms with E-state index in [9.17, 15) is 9.59 Å². The van der Waals surface area contributed by atoms with Crippen LogP contribution in [0.15, 0.2) is 0 Å². The fraction of sp³-hybridized carbons (Fsp3) is 0.818. The summed E-state index contributed by atoms with van der Waals surface area (Å²) in [6.07, 6.45) is 0.944. The van der Waals surface area contributed by atoms with Gasteiger partial charge in [-0.3, -0.25) is 4.79 Å². The highest BCUT2D eigenvalue weighted by Crippen LogP contribution is 2.14. The van der Waals surface area contributed by atoms with E-state index in [0.717, 1.165) is 13.0 Å². The second-order valence-corrected chi connectivity index (χ2v) is 4.29. The first-order valence-corrected chi connectivity index (χ1v) is 6.05. The maximum atomic E-state index is 11.9. The summed E-state index contributed by atoms with van der Waals surface area (Å²) in [5, 5.41) is 23.1. The molecule has 3 atom stereocenters. The lowest BCUT2D eigenvalue weighted by Gasteiger charge is -2.20. The van der Waals surface area contributed by atoms with E-state index in [-0.39, 0.29) is 12.6 Å². The van der Waals surface area contributed by atoms with E-state index in [1.807, 2.05) is 6.92 Å². The van der Waals surface area contributed by atoms with E-state index in [4.69, 9.17) is 14.9 Å². The van der Waals surface area contributed by atoms with Crippen molar-refractivity contribution in [2.45, 2.75) is 25.4 Å². The van der Waals surface area contributed by atoms with Crippen LogP contribution in [0.1, 0.15) is 13.3 Å². The Kier molecular flexibility index (Phi) is 6.03. The van der Waals surface area contributed by atoms with Gasteiger partial charge in [0.1, 0.15) is 6.04 Å². The van der Waals surface area contributed by atoms with E-state index < -0.39 is 30.4 Å². The van der Waals surface area contributed by atoms with Gasteiger partial charge in [0.15, 0.2) is 0 Å². The molecule has 0 aliphatic carbocycles. The minimum Gasteiger partial charge on any atom is -0.480 e. The molecular weight excluding hydrogens is 240 g/mol. The summed E-state index contributed by atoms with van der Waals surface area (Å²) >= 11 is 0. The first kappa shape index (κ1) is 14.9. The molecule has 1 heterocycles. The van der Waals surface area contributed by atoms with Gasteiger partial charge in [-0.25, -0.2) is 4.79 Å². The number of amides is 1. The number of aliphatic carboxylic acids is 1. The van der Waals surface area contributed by atoms with E-state index in [1.54, 1.807) is 0 Å². The number of carbonyl (C=O) groups is 2. The summed E-state index contributed by atoms with van der Waals surface area (Å²) in [5.41, 5.74) is 0. The van der Waals surface area contributed by atoms with Gasteiger partial charge in [0, 0.05) is 6.04 Å². The van der Waals surface area contributed by atoms with Crippen molar-refractivity contribution in [1.82, 2.24) is 10.6 Å². The number of hydrogen-bond donors (Lipinski definition) is 4. The molecule has 1 fully saturated rings. The van der Waals surface area contributed by atoms with Gasteiger partial charge in [-0.15, -0.1) is 0 Å². The van der Waals surface area contributed by atoms with Crippen LogP contribution >= 0.6 is 0 Å². The lowest BCUT2D eigenvalue weighted by molar-refractivity contribution is -0.143. The smallest absolute Gasteiger partial charge is 0.328 e. The summed E-state index contributed by atoms with van der Waals surface area (Å²) in [6.45, 7) is 2.88. The largest absolute Gasteiger partial charge is 0.480 e. The molecule has 0 radical (unpaired) electrons. The molecule has 1 aliphatic rings. The number of rotatable bonds is 7. The highest BCUT2D eigenvalue weighted by Gasteiger charge is 2.35. The number of nitrogens with one attached hydrogen (secondary N) is 2. The van der Waals surface area contributed by atoms with Crippen molar-refractivity contribution in [3.8, 4) is 0 Å². The summed E-state index contributed by atoms with van der Waals surface area (Å²) < 4.78 is 5.23. The Hall–Kier alpha value is -1.18. The standard InChI is InChI=1S/C11H20N2O5/c1-2-3-12-9-6-18-5-7(9)10(15)13-8(4-14)11(16)17/h7-9,12,14H,2-6H2,1H3,(H,13,15)(H,16,17)/t7?,8-,9?/m1/s1. The van der Waals surface area contributed by atoms with Crippen LogP contribution in [0.25, 0.3) is 0 Å². The van der Waals surface area contributed by atoms with Crippen molar-refractivity contribution < 1.29 is 24.5 Å². The molecule has 7 nitrogen and oxygen atoms in total. The van der Waals surface area contributed by atoms with Crippen molar-refractivity contribution in [3.63, 3.8) is 0 Å². The first-order valence-electron chi connectivity index (χ1n) is 6.05. The molecule has 0 aromatic heterocycles. The van der Waals surface area contributed by atoms with Gasteiger partial charge in [-0.05, 0) is 13.0 Å². The Bertz CT molecular complexity index is 297. The van der Waals surface area contributed by atoms with Gasteiger partial charge >= 0.3 is 5.97 Å². The van der Waals surface area contributed by atoms with Crippen molar-refractivity contribution in [2.75, 3.05) is 26.4 Å². The first-order chi connectivity index (χ1) is 8.60. The topological polar surface area (TPSA) is 108 Å². The Morgan fingerprint density at radius 1 is 1.44 bits per heavy atom. The Morgan fingerprint density at radius 3 is 2.72 bits per heavy atom. The number of carboxylic acids is 1. The van der Waals surface area contributed by atoms with Crippen LogP contribution in [0.2, 0.25) is 0 Å². The second kappa shape index (κ2) is 7.30. The van der Waals surface area contributed by atoms with Crippen molar-refractivity contribution >= 4 is 11.9 Å². The molecule has 104 valence electrons. The lowest BCUT2D eigenvalue weighted by Crippen LogP contribution is -2.50. The molecule has 4 N–H and O–H groups in total. The Balaban J connectivity index is 2.51. The quantitative estimate of drug-likeness (QED) is 0.446. The number of aliphatic hydroxyl groups is 1. The number of carboxylic acid groups (broad SMARTS) is 1. The van der Waals surface area contributed by atoms with Gasteiger partial charge < -0.3 is 25.6 Å². The third-order valence-corrected chi connectivity index (χ3v) is 2.87. The minimum absolute atomic E-state index is 0.0990. The van der Waals surface area contributed by atoms with Crippen LogP contribution < -0.4 is 10.6 Å². The average Bonchev–Trinajstić information content (AvgIpc) is 2.80. The third-order valence-electron chi connectivity index (χ3n) is 2.87. The van der Waals surface area contributed by atoms with Crippen LogP contribution in [0.4, 0.5) is 0 Å². The number of carbonyl (C=O) groups excluding carboxylic acids is 1. The summed E-state index contributed by atoms with van der Waals surface area (Å²) in [7, 11) is 0. The minimum atomic E-state index is -1.26. The van der Waals surface area contributed by atoms with Gasteiger partial charge in [-0.2, -0.15) is 0 Å². The molecule has 18 heavy (non-hydrogen) atoms.